The molecule has 2 heterocycles. The van der Waals surface area contributed by atoms with E-state index < -0.39 is 24.2 Å². The number of likely N-dealkylation sites (tertiary alicyclic amines) is 1. The fourth-order valence-electron chi connectivity index (χ4n) is 7.07. The summed E-state index contributed by atoms with van der Waals surface area (Å²) in [5, 5.41) is 3.63. The van der Waals surface area contributed by atoms with Gasteiger partial charge in [-0.1, -0.05) is 43.7 Å². The van der Waals surface area contributed by atoms with Gasteiger partial charge in [0.05, 0.1) is 10.6 Å². The Morgan fingerprint density at radius 3 is 2.41 bits per heavy atom. The molecule has 0 unspecified atom stereocenters. The zero-order valence-corrected chi connectivity index (χ0v) is 25.7. The van der Waals surface area contributed by atoms with Crippen LogP contribution in [-0.4, -0.2) is 52.4 Å². The second-order valence-corrected chi connectivity index (χ2v) is 12.9. The van der Waals surface area contributed by atoms with E-state index >= 15 is 0 Å². The Hall–Kier alpha value is -3.90. The Morgan fingerprint density at radius 2 is 1.74 bits per heavy atom. The second-order valence-electron chi connectivity index (χ2n) is 12.5. The molecule has 1 saturated heterocycles. The molecule has 1 aliphatic heterocycles. The standard InChI is InChI=1S/C33H34ClF3N4O5/c34-25-13-20(16-38)23(18-6-7-18)15-24(25)30(43)41-11-10-22(17-4-2-1-3-5-17)28(41)29(42)39-21-8-9-26-19(12-21)14-27(40-26)31(44)46-32(45)33(35,36)37/h8-9,12-15,17-18,22,28,40H,1-7,10-11,16,38H2,(H,39,42)/t22-,28-/m0/s1. The molecular weight excluding hydrogens is 625 g/mol. The van der Waals surface area contributed by atoms with Gasteiger partial charge in [0.2, 0.25) is 5.91 Å². The topological polar surface area (TPSA) is 135 Å². The molecule has 13 heteroatoms. The van der Waals surface area contributed by atoms with Crippen molar-refractivity contribution < 1.29 is 37.1 Å². The van der Waals surface area contributed by atoms with Gasteiger partial charge in [-0.05, 0) is 84.5 Å². The summed E-state index contributed by atoms with van der Waals surface area (Å²) in [7, 11) is 0. The predicted octanol–water partition coefficient (Wildman–Crippen LogP) is 6.45. The van der Waals surface area contributed by atoms with Gasteiger partial charge < -0.3 is 25.7 Å². The van der Waals surface area contributed by atoms with E-state index in [9.17, 15) is 32.3 Å². The molecule has 2 amide bonds. The lowest BCUT2D eigenvalue weighted by atomic mass is 9.76. The molecule has 3 aromatic rings. The highest BCUT2D eigenvalue weighted by molar-refractivity contribution is 6.34. The van der Waals surface area contributed by atoms with Crippen molar-refractivity contribution >= 4 is 51.9 Å². The van der Waals surface area contributed by atoms with Crippen LogP contribution in [0.25, 0.3) is 10.9 Å². The van der Waals surface area contributed by atoms with Crippen molar-refractivity contribution in [1.82, 2.24) is 9.88 Å². The molecule has 3 fully saturated rings. The lowest BCUT2D eigenvalue weighted by Crippen LogP contribution is -2.47. The van der Waals surface area contributed by atoms with E-state index in [0.717, 1.165) is 56.1 Å². The van der Waals surface area contributed by atoms with Crippen LogP contribution in [0.5, 0.6) is 0 Å². The number of hydrogen-bond donors (Lipinski definition) is 3. The number of aromatic nitrogens is 1. The van der Waals surface area contributed by atoms with Gasteiger partial charge >= 0.3 is 18.1 Å². The number of carbonyl (C=O) groups excluding carboxylic acids is 4. The Kier molecular flexibility index (Phi) is 8.86. The highest BCUT2D eigenvalue weighted by atomic mass is 35.5. The summed E-state index contributed by atoms with van der Waals surface area (Å²) in [6.45, 7) is 0.725. The largest absolute Gasteiger partial charge is 0.491 e. The van der Waals surface area contributed by atoms with Gasteiger partial charge in [-0.2, -0.15) is 13.2 Å². The lowest BCUT2D eigenvalue weighted by Gasteiger charge is -2.33. The lowest BCUT2D eigenvalue weighted by molar-refractivity contribution is -0.193. The van der Waals surface area contributed by atoms with Crippen LogP contribution in [-0.2, 0) is 20.9 Å². The number of hydrogen-bond acceptors (Lipinski definition) is 6. The van der Waals surface area contributed by atoms with Crippen molar-refractivity contribution in [2.45, 2.75) is 76.0 Å². The molecule has 3 aliphatic rings. The summed E-state index contributed by atoms with van der Waals surface area (Å²) >= 11 is 6.64. The number of benzene rings is 2. The Morgan fingerprint density at radius 1 is 1.00 bits per heavy atom. The zero-order chi connectivity index (χ0) is 32.7. The van der Waals surface area contributed by atoms with Gasteiger partial charge in [-0.25, -0.2) is 9.59 Å². The van der Waals surface area contributed by atoms with Crippen LogP contribution in [0.4, 0.5) is 18.9 Å². The van der Waals surface area contributed by atoms with Crippen molar-refractivity contribution in [3.8, 4) is 0 Å². The number of amides is 2. The van der Waals surface area contributed by atoms with Crippen molar-refractivity contribution in [3.05, 3.63) is 63.8 Å². The van der Waals surface area contributed by atoms with E-state index in [1.54, 1.807) is 29.2 Å². The number of nitrogens with two attached hydrogens (primary N) is 1. The molecule has 6 rings (SSSR count). The average molecular weight is 659 g/mol. The van der Waals surface area contributed by atoms with Crippen LogP contribution in [0.1, 0.15) is 89.3 Å². The van der Waals surface area contributed by atoms with E-state index in [2.05, 4.69) is 15.0 Å². The monoisotopic (exact) mass is 658 g/mol. The first-order chi connectivity index (χ1) is 21.9. The number of alkyl halides is 3. The molecule has 2 aromatic carbocycles. The summed E-state index contributed by atoms with van der Waals surface area (Å²) in [5.74, 6) is -4.16. The minimum absolute atomic E-state index is 0.0437. The molecule has 0 bridgehead atoms. The van der Waals surface area contributed by atoms with Crippen molar-refractivity contribution in [2.24, 2.45) is 17.6 Å². The van der Waals surface area contributed by atoms with Crippen LogP contribution >= 0.6 is 11.6 Å². The van der Waals surface area contributed by atoms with E-state index in [1.165, 1.54) is 6.07 Å². The number of rotatable bonds is 7. The second kappa shape index (κ2) is 12.7. The number of ether oxygens (including phenoxy) is 1. The number of esters is 2. The van der Waals surface area contributed by atoms with Gasteiger partial charge in [-0.3, -0.25) is 9.59 Å². The number of nitrogens with zero attached hydrogens (tertiary/aromatic N) is 1. The Bertz CT molecular complexity index is 1700. The van der Waals surface area contributed by atoms with Crippen LogP contribution in [0.2, 0.25) is 5.02 Å². The fourth-order valence-corrected chi connectivity index (χ4v) is 7.34. The average Bonchev–Trinajstić information content (AvgIpc) is 3.62. The van der Waals surface area contributed by atoms with Crippen molar-refractivity contribution in [1.29, 1.82) is 0 Å². The minimum Gasteiger partial charge on any atom is -0.382 e. The first kappa shape index (κ1) is 32.1. The molecule has 2 atom stereocenters. The van der Waals surface area contributed by atoms with Crippen molar-refractivity contribution in [2.75, 3.05) is 11.9 Å². The summed E-state index contributed by atoms with van der Waals surface area (Å²) in [6, 6.07) is 8.77. The van der Waals surface area contributed by atoms with E-state index in [4.69, 9.17) is 17.3 Å². The molecule has 1 aromatic heterocycles. The number of aromatic amines is 1. The van der Waals surface area contributed by atoms with E-state index in [1.807, 2.05) is 6.07 Å². The van der Waals surface area contributed by atoms with E-state index in [0.29, 0.717) is 58.5 Å². The summed E-state index contributed by atoms with van der Waals surface area (Å²) in [6.07, 6.45) is 2.69. The molecule has 2 saturated carbocycles. The van der Waals surface area contributed by atoms with Crippen LogP contribution < -0.4 is 11.1 Å². The van der Waals surface area contributed by atoms with Gasteiger partial charge in [-0.15, -0.1) is 0 Å². The highest BCUT2D eigenvalue weighted by Gasteiger charge is 2.46. The van der Waals surface area contributed by atoms with Gasteiger partial charge in [0.15, 0.2) is 0 Å². The summed E-state index contributed by atoms with van der Waals surface area (Å²) < 4.78 is 41.5. The van der Waals surface area contributed by atoms with Gasteiger partial charge in [0.25, 0.3) is 5.91 Å². The first-order valence-electron chi connectivity index (χ1n) is 15.5. The molecule has 0 radical (unpaired) electrons. The van der Waals surface area contributed by atoms with Crippen LogP contribution in [0.15, 0.2) is 36.4 Å². The zero-order valence-electron chi connectivity index (χ0n) is 24.9. The van der Waals surface area contributed by atoms with E-state index in [-0.39, 0.29) is 23.4 Å². The summed E-state index contributed by atoms with van der Waals surface area (Å²) in [4.78, 5) is 55.7. The van der Waals surface area contributed by atoms with Crippen molar-refractivity contribution in [3.63, 3.8) is 0 Å². The molecule has 46 heavy (non-hydrogen) atoms. The molecule has 244 valence electrons. The predicted molar refractivity (Wildman–Crippen MR) is 164 cm³/mol. The number of fused-ring (bicyclic) bond motifs is 1. The van der Waals surface area contributed by atoms with Crippen LogP contribution in [0.3, 0.4) is 0 Å². The maximum Gasteiger partial charge on any atom is 0.491 e. The molecular formula is C33H34ClF3N4O5. The maximum absolute atomic E-state index is 14.1. The number of halogens is 4. The smallest absolute Gasteiger partial charge is 0.382 e. The SMILES string of the molecule is NCc1cc(Cl)c(C(=O)N2CC[C@@H](C3CCCCC3)[C@H]2C(=O)Nc2ccc3[nH]c(C(=O)OC(=O)C(F)(F)F)cc3c2)cc1C1CC1. The van der Waals surface area contributed by atoms with Gasteiger partial charge in [0.1, 0.15) is 11.7 Å². The maximum atomic E-state index is 14.1. The third-order valence-corrected chi connectivity index (χ3v) is 9.76. The third kappa shape index (κ3) is 6.50. The van der Waals surface area contributed by atoms with Gasteiger partial charge in [0, 0.05) is 29.7 Å². The fraction of sp³-hybridized carbons (Fsp3) is 0.455. The van der Waals surface area contributed by atoms with Crippen LogP contribution in [0, 0.1) is 11.8 Å². The number of nitrogens with one attached hydrogen (secondary N) is 2. The normalized spacial score (nSPS) is 20.6. The number of anilines is 1. The summed E-state index contributed by atoms with van der Waals surface area (Å²) in [5.41, 5.74) is 8.67. The third-order valence-electron chi connectivity index (χ3n) is 9.45. The molecule has 4 N–H and O–H groups in total. The Balaban J connectivity index is 1.26. The highest BCUT2D eigenvalue weighted by Crippen LogP contribution is 2.44. The first-order valence-corrected chi connectivity index (χ1v) is 15.9. The Labute approximate surface area is 268 Å². The molecule has 9 nitrogen and oxygen atoms in total. The number of H-pyrrole nitrogens is 1. The molecule has 2 aliphatic carbocycles. The quantitative estimate of drug-likeness (QED) is 0.197. The molecule has 0 spiro atoms. The number of carbonyl (C=O) groups is 4. The minimum atomic E-state index is -5.32.